The molecule has 7 nitrogen and oxygen atoms in total. The van der Waals surface area contributed by atoms with Crippen LogP contribution in [0.1, 0.15) is 26.7 Å². The fraction of sp³-hybridized carbons (Fsp3) is 0.538. The summed E-state index contributed by atoms with van der Waals surface area (Å²) in [5, 5.41) is 10.5. The van der Waals surface area contributed by atoms with Crippen molar-refractivity contribution in [3.63, 3.8) is 0 Å². The lowest BCUT2D eigenvalue weighted by Crippen LogP contribution is -2.34. The van der Waals surface area contributed by atoms with Crippen molar-refractivity contribution in [3.05, 3.63) is 18.5 Å². The van der Waals surface area contributed by atoms with Gasteiger partial charge in [0.2, 0.25) is 11.9 Å². The third-order valence-corrected chi connectivity index (χ3v) is 3.59. The Balaban J connectivity index is 1.92. The van der Waals surface area contributed by atoms with Crippen molar-refractivity contribution in [2.45, 2.75) is 32.2 Å². The third kappa shape index (κ3) is 2.56. The van der Waals surface area contributed by atoms with E-state index in [1.807, 2.05) is 12.3 Å². The molecule has 0 atom stereocenters. The summed E-state index contributed by atoms with van der Waals surface area (Å²) in [4.78, 5) is 13.1. The number of anilines is 2. The fourth-order valence-electron chi connectivity index (χ4n) is 2.22. The van der Waals surface area contributed by atoms with Crippen LogP contribution in [0, 0.1) is 5.92 Å². The van der Waals surface area contributed by atoms with Gasteiger partial charge in [-0.2, -0.15) is 20.1 Å². The van der Waals surface area contributed by atoms with E-state index < -0.39 is 0 Å². The summed E-state index contributed by atoms with van der Waals surface area (Å²) in [6.45, 7) is 4.36. The van der Waals surface area contributed by atoms with Crippen LogP contribution < -0.4 is 10.6 Å². The number of nitrogens with zero attached hydrogens (tertiary/aromatic N) is 5. The molecule has 1 aliphatic rings. The van der Waals surface area contributed by atoms with Crippen molar-refractivity contribution in [3.8, 4) is 5.95 Å². The maximum atomic E-state index is 4.45. The van der Waals surface area contributed by atoms with Gasteiger partial charge in [-0.25, -0.2) is 4.68 Å². The Kier molecular flexibility index (Phi) is 3.04. The number of hydrogen-bond donors (Lipinski definition) is 2. The molecule has 0 aromatic carbocycles. The first-order chi connectivity index (χ1) is 9.58. The van der Waals surface area contributed by atoms with Crippen LogP contribution in [0.5, 0.6) is 0 Å². The third-order valence-electron chi connectivity index (χ3n) is 3.59. The van der Waals surface area contributed by atoms with E-state index in [1.165, 1.54) is 12.8 Å². The Morgan fingerprint density at radius 1 is 1.20 bits per heavy atom. The second-order valence-corrected chi connectivity index (χ2v) is 5.60. The summed E-state index contributed by atoms with van der Waals surface area (Å²) in [5.41, 5.74) is -0.00620. The number of aromatic nitrogens is 5. The van der Waals surface area contributed by atoms with Crippen LogP contribution in [0.4, 0.5) is 11.9 Å². The standard InChI is InChI=1S/C13H19N7/c1-13(2,9-5-6-9)19-11-16-10(14-3)17-12(18-11)20-8-4-7-15-20/h4,7-9H,5-6H2,1-3H3,(H2,14,16,17,18,19). The molecule has 0 saturated heterocycles. The van der Waals surface area contributed by atoms with E-state index in [0.29, 0.717) is 23.8 Å². The summed E-state index contributed by atoms with van der Waals surface area (Å²) in [6, 6.07) is 1.84. The Bertz CT molecular complexity index is 587. The molecule has 0 radical (unpaired) electrons. The minimum atomic E-state index is -0.00620. The topological polar surface area (TPSA) is 80.5 Å². The monoisotopic (exact) mass is 273 g/mol. The van der Waals surface area contributed by atoms with Crippen molar-refractivity contribution >= 4 is 11.9 Å². The lowest BCUT2D eigenvalue weighted by molar-refractivity contribution is 0.490. The molecule has 0 unspecified atom stereocenters. The average molecular weight is 273 g/mol. The van der Waals surface area contributed by atoms with Gasteiger partial charge in [0, 0.05) is 25.0 Å². The van der Waals surface area contributed by atoms with Gasteiger partial charge in [0.1, 0.15) is 0 Å². The van der Waals surface area contributed by atoms with Crippen LogP contribution in [0.15, 0.2) is 18.5 Å². The van der Waals surface area contributed by atoms with Gasteiger partial charge in [-0.1, -0.05) is 0 Å². The molecule has 1 aliphatic carbocycles. The van der Waals surface area contributed by atoms with E-state index in [1.54, 1.807) is 17.9 Å². The first kappa shape index (κ1) is 12.8. The number of nitrogens with one attached hydrogen (secondary N) is 2. The van der Waals surface area contributed by atoms with E-state index in [-0.39, 0.29) is 5.54 Å². The van der Waals surface area contributed by atoms with Crippen LogP contribution in [0.2, 0.25) is 0 Å². The molecule has 1 saturated carbocycles. The Labute approximate surface area is 117 Å². The molecule has 3 rings (SSSR count). The molecule has 7 heteroatoms. The number of hydrogen-bond acceptors (Lipinski definition) is 6. The minimum absolute atomic E-state index is 0.00620. The molecule has 0 spiro atoms. The van der Waals surface area contributed by atoms with Crippen molar-refractivity contribution in [1.29, 1.82) is 0 Å². The zero-order valence-corrected chi connectivity index (χ0v) is 12.0. The normalized spacial score (nSPS) is 15.2. The summed E-state index contributed by atoms with van der Waals surface area (Å²) in [7, 11) is 1.79. The molecule has 2 aromatic heterocycles. The van der Waals surface area contributed by atoms with Gasteiger partial charge in [0.05, 0.1) is 0 Å². The largest absolute Gasteiger partial charge is 0.357 e. The Hall–Kier alpha value is -2.18. The Morgan fingerprint density at radius 2 is 1.95 bits per heavy atom. The van der Waals surface area contributed by atoms with Gasteiger partial charge in [-0.15, -0.1) is 0 Å². The highest BCUT2D eigenvalue weighted by atomic mass is 15.4. The van der Waals surface area contributed by atoms with Crippen molar-refractivity contribution < 1.29 is 0 Å². The van der Waals surface area contributed by atoms with Crippen molar-refractivity contribution in [2.24, 2.45) is 5.92 Å². The molecule has 0 aliphatic heterocycles. The number of rotatable bonds is 5. The van der Waals surface area contributed by atoms with Crippen molar-refractivity contribution in [2.75, 3.05) is 17.7 Å². The summed E-state index contributed by atoms with van der Waals surface area (Å²) in [5.74, 6) is 2.29. The lowest BCUT2D eigenvalue weighted by atomic mass is 9.99. The minimum Gasteiger partial charge on any atom is -0.357 e. The molecule has 20 heavy (non-hydrogen) atoms. The molecule has 0 bridgehead atoms. The van der Waals surface area contributed by atoms with Gasteiger partial charge in [-0.05, 0) is 38.7 Å². The maximum Gasteiger partial charge on any atom is 0.257 e. The second kappa shape index (κ2) is 4.73. The lowest BCUT2D eigenvalue weighted by Gasteiger charge is -2.26. The van der Waals surface area contributed by atoms with Gasteiger partial charge in [0.15, 0.2) is 0 Å². The molecule has 2 aromatic rings. The van der Waals surface area contributed by atoms with Gasteiger partial charge < -0.3 is 10.6 Å². The van der Waals surface area contributed by atoms with E-state index in [2.05, 4.69) is 44.5 Å². The van der Waals surface area contributed by atoms with Crippen molar-refractivity contribution in [1.82, 2.24) is 24.7 Å². The van der Waals surface area contributed by atoms with E-state index in [9.17, 15) is 0 Å². The van der Waals surface area contributed by atoms with Crippen LogP contribution in [0.25, 0.3) is 5.95 Å². The van der Waals surface area contributed by atoms with Gasteiger partial charge in [0.25, 0.3) is 5.95 Å². The second-order valence-electron chi connectivity index (χ2n) is 5.60. The predicted octanol–water partition coefficient (Wildman–Crippen LogP) is 1.70. The SMILES string of the molecule is CNc1nc(NC(C)(C)C2CC2)nc(-n2cccn2)n1. The smallest absolute Gasteiger partial charge is 0.257 e. The molecule has 0 amide bonds. The van der Waals surface area contributed by atoms with Crippen LogP contribution in [0.3, 0.4) is 0 Å². The molecule has 1 fully saturated rings. The zero-order valence-electron chi connectivity index (χ0n) is 12.0. The molecule has 106 valence electrons. The first-order valence-electron chi connectivity index (χ1n) is 6.80. The maximum absolute atomic E-state index is 4.45. The zero-order chi connectivity index (χ0) is 14.2. The summed E-state index contributed by atoms with van der Waals surface area (Å²) in [6.07, 6.45) is 6.03. The van der Waals surface area contributed by atoms with E-state index in [0.717, 1.165) is 0 Å². The van der Waals surface area contributed by atoms with E-state index in [4.69, 9.17) is 0 Å². The van der Waals surface area contributed by atoms with Gasteiger partial charge in [-0.3, -0.25) is 0 Å². The van der Waals surface area contributed by atoms with E-state index >= 15 is 0 Å². The molecule has 2 heterocycles. The van der Waals surface area contributed by atoms with Crippen LogP contribution >= 0.6 is 0 Å². The fourth-order valence-corrected chi connectivity index (χ4v) is 2.22. The highest BCUT2D eigenvalue weighted by molar-refractivity contribution is 5.39. The molecular weight excluding hydrogens is 254 g/mol. The molecular formula is C13H19N7. The summed E-state index contributed by atoms with van der Waals surface area (Å²) >= 11 is 0. The highest BCUT2D eigenvalue weighted by Gasteiger charge is 2.38. The predicted molar refractivity (Wildman–Crippen MR) is 76.9 cm³/mol. The van der Waals surface area contributed by atoms with Crippen LogP contribution in [-0.2, 0) is 0 Å². The first-order valence-corrected chi connectivity index (χ1v) is 6.80. The van der Waals surface area contributed by atoms with Gasteiger partial charge >= 0.3 is 0 Å². The summed E-state index contributed by atoms with van der Waals surface area (Å²) < 4.78 is 1.62. The molecule has 2 N–H and O–H groups in total. The Morgan fingerprint density at radius 3 is 2.55 bits per heavy atom. The average Bonchev–Trinajstić information content (AvgIpc) is 3.15. The van der Waals surface area contributed by atoms with Crippen LogP contribution in [-0.4, -0.2) is 37.3 Å². The quantitative estimate of drug-likeness (QED) is 0.863. The highest BCUT2D eigenvalue weighted by Crippen LogP contribution is 2.40.